The third-order valence-electron chi connectivity index (χ3n) is 3.38. The molecule has 1 N–H and O–H groups in total. The molecule has 0 radical (unpaired) electrons. The van der Waals surface area contributed by atoms with Crippen molar-refractivity contribution in [3.8, 4) is 0 Å². The largest absolute Gasteiger partial charge is 0.382 e. The zero-order chi connectivity index (χ0) is 11.0. The maximum absolute atomic E-state index is 13.4. The molecule has 1 aromatic rings. The molecule has 0 saturated heterocycles. The summed E-state index contributed by atoms with van der Waals surface area (Å²) in [4.78, 5) is 0. The molecular weight excluding hydrogens is 205 g/mol. The Hall–Kier alpha value is -1.09. The second kappa shape index (κ2) is 3.74. The van der Waals surface area contributed by atoms with Crippen LogP contribution >= 0.6 is 0 Å². The summed E-state index contributed by atoms with van der Waals surface area (Å²) in [5, 5.41) is 3.18. The quantitative estimate of drug-likeness (QED) is 0.847. The van der Waals surface area contributed by atoms with E-state index < -0.39 is 5.67 Å². The number of fused-ring (bicyclic) bond motifs is 1. The fourth-order valence-electron chi connectivity index (χ4n) is 2.05. The predicted octanol–water partition coefficient (Wildman–Crippen LogP) is 2.67. The van der Waals surface area contributed by atoms with Gasteiger partial charge in [0.1, 0.15) is 5.67 Å². The second-order valence-electron chi connectivity index (χ2n) is 4.79. The van der Waals surface area contributed by atoms with E-state index in [4.69, 9.17) is 4.74 Å². The van der Waals surface area contributed by atoms with Gasteiger partial charge >= 0.3 is 0 Å². The van der Waals surface area contributed by atoms with Crippen molar-refractivity contribution in [2.45, 2.75) is 31.5 Å². The monoisotopic (exact) mass is 221 g/mol. The molecule has 2 nitrogen and oxygen atoms in total. The lowest BCUT2D eigenvalue weighted by molar-refractivity contribution is 0.111. The second-order valence-corrected chi connectivity index (χ2v) is 4.79. The van der Waals surface area contributed by atoms with Gasteiger partial charge in [0.15, 0.2) is 0 Å². The highest BCUT2D eigenvalue weighted by atomic mass is 19.1. The van der Waals surface area contributed by atoms with Crippen LogP contribution in [0.4, 0.5) is 10.1 Å². The molecule has 0 aromatic heterocycles. The SMILES string of the molecule is FC1(CNc2ccc3c(c2)CCOC3)CC1. The standard InChI is InChI=1S/C13H16FNO/c14-13(4-5-13)9-15-12-2-1-11-8-16-6-3-10(11)7-12/h1-2,7,15H,3-6,8-9H2. The molecule has 16 heavy (non-hydrogen) atoms. The van der Waals surface area contributed by atoms with Gasteiger partial charge in [-0.3, -0.25) is 0 Å². The van der Waals surface area contributed by atoms with Crippen LogP contribution in [0.5, 0.6) is 0 Å². The lowest BCUT2D eigenvalue weighted by Gasteiger charge is -2.18. The fourth-order valence-corrected chi connectivity index (χ4v) is 2.05. The summed E-state index contributed by atoms with van der Waals surface area (Å²) in [5.41, 5.74) is 2.70. The van der Waals surface area contributed by atoms with Crippen molar-refractivity contribution in [3.63, 3.8) is 0 Å². The molecule has 0 atom stereocenters. The molecule has 1 aliphatic carbocycles. The van der Waals surface area contributed by atoms with E-state index in [1.165, 1.54) is 11.1 Å². The summed E-state index contributed by atoms with van der Waals surface area (Å²) >= 11 is 0. The molecule has 1 heterocycles. The smallest absolute Gasteiger partial charge is 0.128 e. The molecular formula is C13H16FNO. The van der Waals surface area contributed by atoms with Crippen LogP contribution in [0.3, 0.4) is 0 Å². The number of rotatable bonds is 3. The van der Waals surface area contributed by atoms with Crippen molar-refractivity contribution < 1.29 is 9.13 Å². The Morgan fingerprint density at radius 1 is 1.31 bits per heavy atom. The minimum absolute atomic E-state index is 0.447. The number of hydrogen-bond donors (Lipinski definition) is 1. The average molecular weight is 221 g/mol. The van der Waals surface area contributed by atoms with Crippen LogP contribution in [0.1, 0.15) is 24.0 Å². The maximum atomic E-state index is 13.4. The third kappa shape index (κ3) is 2.05. The van der Waals surface area contributed by atoms with Crippen molar-refractivity contribution in [1.82, 2.24) is 0 Å². The van der Waals surface area contributed by atoms with Crippen LogP contribution in [-0.4, -0.2) is 18.8 Å². The maximum Gasteiger partial charge on any atom is 0.128 e. The molecule has 1 saturated carbocycles. The number of nitrogens with one attached hydrogen (secondary N) is 1. The Morgan fingerprint density at radius 2 is 2.19 bits per heavy atom. The molecule has 0 unspecified atom stereocenters. The molecule has 1 aliphatic heterocycles. The Morgan fingerprint density at radius 3 is 3.00 bits per heavy atom. The van der Waals surface area contributed by atoms with Gasteiger partial charge in [0, 0.05) is 12.2 Å². The van der Waals surface area contributed by atoms with Crippen LogP contribution in [0, 0.1) is 0 Å². The van der Waals surface area contributed by atoms with Crippen LogP contribution in [0.2, 0.25) is 0 Å². The molecule has 1 fully saturated rings. The Kier molecular flexibility index (Phi) is 2.36. The number of anilines is 1. The van der Waals surface area contributed by atoms with E-state index in [0.29, 0.717) is 26.0 Å². The van der Waals surface area contributed by atoms with E-state index >= 15 is 0 Å². The van der Waals surface area contributed by atoms with Crippen molar-refractivity contribution >= 4 is 5.69 Å². The lowest BCUT2D eigenvalue weighted by atomic mass is 10.0. The first-order valence-electron chi connectivity index (χ1n) is 5.88. The molecule has 86 valence electrons. The number of alkyl halides is 1. The predicted molar refractivity (Wildman–Crippen MR) is 61.4 cm³/mol. The van der Waals surface area contributed by atoms with Crippen LogP contribution in [0.25, 0.3) is 0 Å². The van der Waals surface area contributed by atoms with E-state index in [1.807, 2.05) is 6.07 Å². The van der Waals surface area contributed by atoms with Gasteiger partial charge in [-0.25, -0.2) is 4.39 Å². The van der Waals surface area contributed by atoms with Crippen molar-refractivity contribution in [2.75, 3.05) is 18.5 Å². The number of ether oxygens (including phenoxy) is 1. The van der Waals surface area contributed by atoms with Gasteiger partial charge in [0.05, 0.1) is 13.2 Å². The molecule has 0 spiro atoms. The number of halogens is 1. The molecule has 0 bridgehead atoms. The first-order valence-corrected chi connectivity index (χ1v) is 5.88. The number of benzene rings is 1. The Bertz CT molecular complexity index is 401. The summed E-state index contributed by atoms with van der Waals surface area (Å²) in [6.45, 7) is 1.95. The summed E-state index contributed by atoms with van der Waals surface area (Å²) in [5.74, 6) is 0. The van der Waals surface area contributed by atoms with E-state index in [0.717, 1.165) is 18.7 Å². The van der Waals surface area contributed by atoms with Crippen LogP contribution < -0.4 is 5.32 Å². The van der Waals surface area contributed by atoms with E-state index in [9.17, 15) is 4.39 Å². The fraction of sp³-hybridized carbons (Fsp3) is 0.538. The van der Waals surface area contributed by atoms with Gasteiger partial charge in [-0.15, -0.1) is 0 Å². The first-order chi connectivity index (χ1) is 7.75. The third-order valence-corrected chi connectivity index (χ3v) is 3.38. The summed E-state index contributed by atoms with van der Waals surface area (Å²) in [6.07, 6.45) is 2.38. The first kappa shape index (κ1) is 10.1. The summed E-state index contributed by atoms with van der Waals surface area (Å²) < 4.78 is 18.8. The highest BCUT2D eigenvalue weighted by Crippen LogP contribution is 2.39. The Balaban J connectivity index is 1.70. The van der Waals surface area contributed by atoms with Crippen molar-refractivity contribution in [3.05, 3.63) is 29.3 Å². The molecule has 1 aromatic carbocycles. The van der Waals surface area contributed by atoms with Gasteiger partial charge in [-0.2, -0.15) is 0 Å². The van der Waals surface area contributed by atoms with Crippen LogP contribution in [0.15, 0.2) is 18.2 Å². The minimum Gasteiger partial charge on any atom is -0.382 e. The number of hydrogen-bond acceptors (Lipinski definition) is 2. The molecule has 3 rings (SSSR count). The Labute approximate surface area is 94.8 Å². The summed E-state index contributed by atoms with van der Waals surface area (Å²) in [6, 6.07) is 6.22. The van der Waals surface area contributed by atoms with Crippen molar-refractivity contribution in [1.29, 1.82) is 0 Å². The normalized spacial score (nSPS) is 21.3. The van der Waals surface area contributed by atoms with Gasteiger partial charge in [-0.05, 0) is 42.5 Å². The van der Waals surface area contributed by atoms with Gasteiger partial charge in [-0.1, -0.05) is 6.07 Å². The molecule has 0 amide bonds. The topological polar surface area (TPSA) is 21.3 Å². The van der Waals surface area contributed by atoms with E-state index in [1.54, 1.807) is 0 Å². The van der Waals surface area contributed by atoms with E-state index in [2.05, 4.69) is 17.4 Å². The zero-order valence-corrected chi connectivity index (χ0v) is 9.26. The highest BCUT2D eigenvalue weighted by molar-refractivity contribution is 5.49. The molecule has 3 heteroatoms. The molecule has 2 aliphatic rings. The summed E-state index contributed by atoms with van der Waals surface area (Å²) in [7, 11) is 0. The van der Waals surface area contributed by atoms with E-state index in [-0.39, 0.29) is 0 Å². The van der Waals surface area contributed by atoms with Crippen molar-refractivity contribution in [2.24, 2.45) is 0 Å². The van der Waals surface area contributed by atoms with Gasteiger partial charge in [0.2, 0.25) is 0 Å². The average Bonchev–Trinajstić information content (AvgIpc) is 3.05. The lowest BCUT2D eigenvalue weighted by Crippen LogP contribution is -2.16. The van der Waals surface area contributed by atoms with Crippen LogP contribution in [-0.2, 0) is 17.8 Å². The zero-order valence-electron chi connectivity index (χ0n) is 9.26. The van der Waals surface area contributed by atoms with Gasteiger partial charge < -0.3 is 10.1 Å². The minimum atomic E-state index is -0.932. The van der Waals surface area contributed by atoms with Gasteiger partial charge in [0.25, 0.3) is 0 Å². The highest BCUT2D eigenvalue weighted by Gasteiger charge is 2.42.